The first-order valence-electron chi connectivity index (χ1n) is 6.19. The SMILES string of the molecule is CC(C)=CCC/C(C)=C/C(=O)OC(=O)C1(N)CC1. The predicted molar refractivity (Wildman–Crippen MR) is 69.7 cm³/mol. The summed E-state index contributed by atoms with van der Waals surface area (Å²) in [5, 5.41) is 0. The van der Waals surface area contributed by atoms with Gasteiger partial charge in [0, 0.05) is 6.08 Å². The Balaban J connectivity index is 2.37. The van der Waals surface area contributed by atoms with Gasteiger partial charge < -0.3 is 10.5 Å². The van der Waals surface area contributed by atoms with Crippen LogP contribution in [0.5, 0.6) is 0 Å². The Labute approximate surface area is 108 Å². The molecule has 0 bridgehead atoms. The molecular formula is C14H21NO3. The van der Waals surface area contributed by atoms with Crippen LogP contribution in [0.4, 0.5) is 0 Å². The number of rotatable bonds is 5. The lowest BCUT2D eigenvalue weighted by Crippen LogP contribution is -2.35. The Hall–Kier alpha value is -1.42. The number of nitrogens with two attached hydrogens (primary N) is 1. The number of esters is 2. The molecule has 1 aliphatic rings. The number of hydrogen-bond donors (Lipinski definition) is 1. The summed E-state index contributed by atoms with van der Waals surface area (Å²) in [5.41, 5.74) is 6.87. The van der Waals surface area contributed by atoms with E-state index in [1.807, 2.05) is 20.8 Å². The van der Waals surface area contributed by atoms with Crippen LogP contribution in [0.1, 0.15) is 46.5 Å². The summed E-state index contributed by atoms with van der Waals surface area (Å²) < 4.78 is 4.68. The van der Waals surface area contributed by atoms with Crippen molar-refractivity contribution in [3.63, 3.8) is 0 Å². The fraction of sp³-hybridized carbons (Fsp3) is 0.571. The maximum Gasteiger partial charge on any atom is 0.338 e. The van der Waals surface area contributed by atoms with Gasteiger partial charge in [0.05, 0.1) is 0 Å². The first-order chi connectivity index (χ1) is 8.33. The minimum Gasteiger partial charge on any atom is -0.388 e. The molecule has 1 saturated carbocycles. The Bertz CT molecular complexity index is 399. The molecule has 0 atom stereocenters. The van der Waals surface area contributed by atoms with Crippen molar-refractivity contribution < 1.29 is 14.3 Å². The lowest BCUT2D eigenvalue weighted by molar-refractivity contribution is -0.158. The van der Waals surface area contributed by atoms with E-state index in [4.69, 9.17) is 5.73 Å². The van der Waals surface area contributed by atoms with Gasteiger partial charge in [-0.1, -0.05) is 17.2 Å². The average molecular weight is 251 g/mol. The molecule has 18 heavy (non-hydrogen) atoms. The van der Waals surface area contributed by atoms with E-state index in [0.29, 0.717) is 12.8 Å². The van der Waals surface area contributed by atoms with Gasteiger partial charge >= 0.3 is 11.9 Å². The third-order valence-corrected chi connectivity index (χ3v) is 2.84. The molecule has 0 amide bonds. The molecule has 0 aliphatic heterocycles. The van der Waals surface area contributed by atoms with E-state index >= 15 is 0 Å². The Morgan fingerprint density at radius 2 is 1.89 bits per heavy atom. The van der Waals surface area contributed by atoms with Gasteiger partial charge in [-0.15, -0.1) is 0 Å². The van der Waals surface area contributed by atoms with Crippen molar-refractivity contribution >= 4 is 11.9 Å². The zero-order valence-electron chi connectivity index (χ0n) is 11.3. The van der Waals surface area contributed by atoms with Crippen LogP contribution in [-0.2, 0) is 14.3 Å². The van der Waals surface area contributed by atoms with Gasteiger partial charge in [0.1, 0.15) is 5.54 Å². The molecular weight excluding hydrogens is 230 g/mol. The van der Waals surface area contributed by atoms with Crippen LogP contribution in [0, 0.1) is 0 Å². The Morgan fingerprint density at radius 1 is 1.28 bits per heavy atom. The number of hydrogen-bond acceptors (Lipinski definition) is 4. The summed E-state index contributed by atoms with van der Waals surface area (Å²) >= 11 is 0. The summed E-state index contributed by atoms with van der Waals surface area (Å²) in [5.74, 6) is -1.23. The van der Waals surface area contributed by atoms with E-state index in [1.165, 1.54) is 11.6 Å². The third kappa shape index (κ3) is 4.84. The second-order valence-electron chi connectivity index (χ2n) is 5.18. The van der Waals surface area contributed by atoms with Crippen LogP contribution in [-0.4, -0.2) is 17.5 Å². The van der Waals surface area contributed by atoms with E-state index < -0.39 is 17.5 Å². The van der Waals surface area contributed by atoms with Gasteiger partial charge in [-0.25, -0.2) is 9.59 Å². The quantitative estimate of drug-likeness (QED) is 0.352. The van der Waals surface area contributed by atoms with Crippen LogP contribution in [0.2, 0.25) is 0 Å². The molecule has 0 aromatic heterocycles. The van der Waals surface area contributed by atoms with Crippen molar-refractivity contribution in [1.82, 2.24) is 0 Å². The van der Waals surface area contributed by atoms with Gasteiger partial charge in [-0.2, -0.15) is 0 Å². The molecule has 0 aromatic carbocycles. The summed E-state index contributed by atoms with van der Waals surface area (Å²) in [4.78, 5) is 22.9. The molecule has 1 rings (SSSR count). The molecule has 1 fully saturated rings. The minimum atomic E-state index is -0.903. The van der Waals surface area contributed by atoms with Crippen molar-refractivity contribution in [3.05, 3.63) is 23.3 Å². The van der Waals surface area contributed by atoms with Gasteiger partial charge in [0.15, 0.2) is 0 Å². The lowest BCUT2D eigenvalue weighted by Gasteiger charge is -2.06. The first-order valence-corrected chi connectivity index (χ1v) is 6.19. The highest BCUT2D eigenvalue weighted by atomic mass is 16.6. The van der Waals surface area contributed by atoms with Crippen molar-refractivity contribution in [3.8, 4) is 0 Å². The second kappa shape index (κ2) is 5.96. The minimum absolute atomic E-state index is 0.600. The van der Waals surface area contributed by atoms with E-state index in [-0.39, 0.29) is 0 Å². The molecule has 2 N–H and O–H groups in total. The topological polar surface area (TPSA) is 69.4 Å². The summed E-state index contributed by atoms with van der Waals surface area (Å²) in [6.45, 7) is 5.91. The van der Waals surface area contributed by atoms with E-state index in [0.717, 1.165) is 18.4 Å². The summed E-state index contributed by atoms with van der Waals surface area (Å²) in [7, 11) is 0. The number of carbonyl (C=O) groups is 2. The van der Waals surface area contributed by atoms with Crippen molar-refractivity contribution in [1.29, 1.82) is 0 Å². The third-order valence-electron chi connectivity index (χ3n) is 2.84. The molecule has 0 unspecified atom stereocenters. The molecule has 0 saturated heterocycles. The Morgan fingerprint density at radius 3 is 2.39 bits per heavy atom. The van der Waals surface area contributed by atoms with Gasteiger partial charge in [-0.3, -0.25) is 0 Å². The molecule has 4 nitrogen and oxygen atoms in total. The highest BCUT2D eigenvalue weighted by molar-refractivity contribution is 5.97. The maximum atomic E-state index is 11.4. The average Bonchev–Trinajstić information content (AvgIpc) is 2.96. The van der Waals surface area contributed by atoms with Gasteiger partial charge in [-0.05, 0) is 46.5 Å². The highest BCUT2D eigenvalue weighted by Crippen LogP contribution is 2.33. The normalized spacial score (nSPS) is 17.0. The predicted octanol–water partition coefficient (Wildman–Crippen LogP) is 2.24. The number of ether oxygens (including phenoxy) is 1. The molecule has 0 aromatic rings. The molecule has 0 heterocycles. The molecule has 0 radical (unpaired) electrons. The zero-order chi connectivity index (χ0) is 13.8. The van der Waals surface area contributed by atoms with Crippen LogP contribution >= 0.6 is 0 Å². The largest absolute Gasteiger partial charge is 0.388 e. The molecule has 0 spiro atoms. The van der Waals surface area contributed by atoms with Crippen molar-refractivity contribution in [2.24, 2.45) is 5.73 Å². The van der Waals surface area contributed by atoms with Crippen molar-refractivity contribution in [2.75, 3.05) is 0 Å². The van der Waals surface area contributed by atoms with Gasteiger partial charge in [0.2, 0.25) is 0 Å². The van der Waals surface area contributed by atoms with Crippen molar-refractivity contribution in [2.45, 2.75) is 52.0 Å². The fourth-order valence-electron chi connectivity index (χ4n) is 1.42. The molecule has 4 heteroatoms. The monoisotopic (exact) mass is 251 g/mol. The molecule has 1 aliphatic carbocycles. The Kier molecular flexibility index (Phi) is 4.84. The lowest BCUT2D eigenvalue weighted by atomic mass is 10.1. The van der Waals surface area contributed by atoms with Crippen LogP contribution in [0.15, 0.2) is 23.3 Å². The van der Waals surface area contributed by atoms with E-state index in [2.05, 4.69) is 10.8 Å². The smallest absolute Gasteiger partial charge is 0.338 e. The number of allylic oxidation sites excluding steroid dienone is 3. The van der Waals surface area contributed by atoms with Crippen LogP contribution < -0.4 is 5.73 Å². The summed E-state index contributed by atoms with van der Waals surface area (Å²) in [6, 6.07) is 0. The highest BCUT2D eigenvalue weighted by Gasteiger charge is 2.48. The summed E-state index contributed by atoms with van der Waals surface area (Å²) in [6.07, 6.45) is 6.33. The zero-order valence-corrected chi connectivity index (χ0v) is 11.3. The first kappa shape index (κ1) is 14.6. The molecule has 100 valence electrons. The fourth-order valence-corrected chi connectivity index (χ4v) is 1.42. The van der Waals surface area contributed by atoms with E-state index in [9.17, 15) is 9.59 Å². The number of carbonyl (C=O) groups excluding carboxylic acids is 2. The standard InChI is InChI=1S/C14H21NO3/c1-10(2)5-4-6-11(3)9-12(16)18-13(17)14(15)7-8-14/h5,9H,4,6-8,15H2,1-3H3/b11-9+. The maximum absolute atomic E-state index is 11.4. The second-order valence-corrected chi connectivity index (χ2v) is 5.18. The van der Waals surface area contributed by atoms with Gasteiger partial charge in [0.25, 0.3) is 0 Å². The van der Waals surface area contributed by atoms with E-state index in [1.54, 1.807) is 0 Å². The van der Waals surface area contributed by atoms with Crippen LogP contribution in [0.25, 0.3) is 0 Å². The van der Waals surface area contributed by atoms with Crippen LogP contribution in [0.3, 0.4) is 0 Å².